The average molecular weight is 328 g/mol. The summed E-state index contributed by atoms with van der Waals surface area (Å²) in [4.78, 5) is 17.1. The lowest BCUT2D eigenvalue weighted by atomic mass is 10.1. The summed E-state index contributed by atoms with van der Waals surface area (Å²) >= 11 is 1.51. The minimum absolute atomic E-state index is 0.175. The van der Waals surface area contributed by atoms with E-state index in [1.165, 1.54) is 29.0 Å². The fraction of sp³-hybridized carbons (Fsp3) is 0.222. The molecule has 2 aromatic carbocycles. The van der Waals surface area contributed by atoms with Gasteiger partial charge in [-0.15, -0.1) is 0 Å². The highest BCUT2D eigenvalue weighted by Crippen LogP contribution is 2.18. The predicted octanol–water partition coefficient (Wildman–Crippen LogP) is 3.61. The Balaban J connectivity index is 1.92. The monoisotopic (exact) mass is 328 g/mol. The van der Waals surface area contributed by atoms with Gasteiger partial charge in [0, 0.05) is 7.05 Å². The second kappa shape index (κ2) is 6.46. The Labute approximate surface area is 137 Å². The number of halogens is 1. The molecule has 0 bridgehead atoms. The Morgan fingerprint density at radius 1 is 1.17 bits per heavy atom. The van der Waals surface area contributed by atoms with Gasteiger partial charge in [-0.25, -0.2) is 4.39 Å². The molecule has 0 N–H and O–H groups in total. The van der Waals surface area contributed by atoms with Gasteiger partial charge in [0.25, 0.3) is 5.91 Å². The zero-order valence-corrected chi connectivity index (χ0v) is 13.9. The number of fused-ring (bicyclic) bond motifs is 1. The van der Waals surface area contributed by atoms with Crippen molar-refractivity contribution in [1.82, 2.24) is 4.57 Å². The van der Waals surface area contributed by atoms with Gasteiger partial charge in [-0.05, 0) is 41.8 Å². The number of benzene rings is 2. The molecule has 3 aromatic rings. The molecule has 0 aliphatic heterocycles. The number of hydrogen-bond donors (Lipinski definition) is 0. The summed E-state index contributed by atoms with van der Waals surface area (Å²) < 4.78 is 16.0. The van der Waals surface area contributed by atoms with E-state index in [-0.39, 0.29) is 18.1 Å². The Kier molecular flexibility index (Phi) is 4.39. The smallest absolute Gasteiger partial charge is 0.252 e. The summed E-state index contributed by atoms with van der Waals surface area (Å²) in [6, 6.07) is 12.2. The molecule has 0 aliphatic rings. The summed E-state index contributed by atoms with van der Waals surface area (Å²) in [5, 5.41) is 0. The molecule has 0 spiro atoms. The van der Waals surface area contributed by atoms with Crippen LogP contribution in [0, 0.1) is 5.82 Å². The van der Waals surface area contributed by atoms with E-state index in [4.69, 9.17) is 0 Å². The highest BCUT2D eigenvalue weighted by atomic mass is 32.1. The molecule has 0 atom stereocenters. The molecule has 0 saturated carbocycles. The lowest BCUT2D eigenvalue weighted by molar-refractivity contribution is -0.117. The third-order valence-corrected chi connectivity index (χ3v) is 4.87. The summed E-state index contributed by atoms with van der Waals surface area (Å²) in [7, 11) is 1.91. The summed E-state index contributed by atoms with van der Waals surface area (Å²) in [6.45, 7) is 2.12. The van der Waals surface area contributed by atoms with Crippen LogP contribution in [0.3, 0.4) is 0 Å². The quantitative estimate of drug-likeness (QED) is 0.723. The van der Waals surface area contributed by atoms with Crippen LogP contribution in [0.5, 0.6) is 0 Å². The Morgan fingerprint density at radius 3 is 2.57 bits per heavy atom. The van der Waals surface area contributed by atoms with E-state index in [0.29, 0.717) is 4.80 Å². The largest absolute Gasteiger partial charge is 0.319 e. The van der Waals surface area contributed by atoms with E-state index in [1.54, 1.807) is 12.1 Å². The highest BCUT2D eigenvalue weighted by molar-refractivity contribution is 7.16. The van der Waals surface area contributed by atoms with E-state index in [2.05, 4.69) is 30.1 Å². The SMILES string of the molecule is CCc1ccc2c(c1)sc(=NC(=O)Cc1ccc(F)cc1)n2C. The van der Waals surface area contributed by atoms with Crippen molar-refractivity contribution in [3.63, 3.8) is 0 Å². The van der Waals surface area contributed by atoms with E-state index in [1.807, 2.05) is 11.6 Å². The number of aryl methyl sites for hydroxylation is 2. The lowest BCUT2D eigenvalue weighted by Crippen LogP contribution is -2.14. The zero-order chi connectivity index (χ0) is 16.4. The maximum atomic E-state index is 12.9. The van der Waals surface area contributed by atoms with Crippen molar-refractivity contribution in [2.75, 3.05) is 0 Å². The molecule has 0 radical (unpaired) electrons. The first-order valence-electron chi connectivity index (χ1n) is 7.47. The van der Waals surface area contributed by atoms with Crippen LogP contribution in [0.4, 0.5) is 4.39 Å². The molecule has 23 heavy (non-hydrogen) atoms. The van der Waals surface area contributed by atoms with Gasteiger partial charge in [-0.2, -0.15) is 4.99 Å². The molecule has 1 aromatic heterocycles. The summed E-state index contributed by atoms with van der Waals surface area (Å²) in [6.07, 6.45) is 1.16. The van der Waals surface area contributed by atoms with Crippen LogP contribution < -0.4 is 4.80 Å². The average Bonchev–Trinajstić information content (AvgIpc) is 2.85. The van der Waals surface area contributed by atoms with Gasteiger partial charge >= 0.3 is 0 Å². The number of aromatic nitrogens is 1. The normalized spacial score (nSPS) is 12.0. The molecule has 0 aliphatic carbocycles. The van der Waals surface area contributed by atoms with Crippen molar-refractivity contribution in [3.8, 4) is 0 Å². The fourth-order valence-electron chi connectivity index (χ4n) is 2.43. The maximum absolute atomic E-state index is 12.9. The van der Waals surface area contributed by atoms with Gasteiger partial charge in [0.15, 0.2) is 4.80 Å². The summed E-state index contributed by atoms with van der Waals surface area (Å²) in [5.74, 6) is -0.532. The standard InChI is InChI=1S/C18H17FN2OS/c1-3-12-6-9-15-16(10-12)23-18(21(15)2)20-17(22)11-13-4-7-14(19)8-5-13/h4-10H,3,11H2,1-2H3. The predicted molar refractivity (Wildman–Crippen MR) is 90.8 cm³/mol. The molecule has 1 heterocycles. The Bertz CT molecular complexity index is 922. The maximum Gasteiger partial charge on any atom is 0.252 e. The van der Waals surface area contributed by atoms with E-state index in [0.717, 1.165) is 22.2 Å². The topological polar surface area (TPSA) is 34.4 Å². The van der Waals surface area contributed by atoms with Gasteiger partial charge in [0.1, 0.15) is 5.82 Å². The number of amides is 1. The Morgan fingerprint density at radius 2 is 1.87 bits per heavy atom. The van der Waals surface area contributed by atoms with Crippen LogP contribution in [0.2, 0.25) is 0 Å². The molecule has 0 unspecified atom stereocenters. The van der Waals surface area contributed by atoms with Crippen molar-refractivity contribution in [3.05, 3.63) is 64.2 Å². The second-order valence-electron chi connectivity index (χ2n) is 5.41. The van der Waals surface area contributed by atoms with Crippen LogP contribution in [0.25, 0.3) is 10.2 Å². The van der Waals surface area contributed by atoms with Crippen LogP contribution in [-0.4, -0.2) is 10.5 Å². The zero-order valence-electron chi connectivity index (χ0n) is 13.0. The minimum atomic E-state index is -0.305. The van der Waals surface area contributed by atoms with Crippen LogP contribution in [-0.2, 0) is 24.7 Å². The molecule has 5 heteroatoms. The van der Waals surface area contributed by atoms with Crippen molar-refractivity contribution in [1.29, 1.82) is 0 Å². The second-order valence-corrected chi connectivity index (χ2v) is 6.42. The molecular weight excluding hydrogens is 311 g/mol. The number of thiazole rings is 1. The third-order valence-electron chi connectivity index (χ3n) is 3.77. The van der Waals surface area contributed by atoms with Crippen molar-refractivity contribution >= 4 is 27.5 Å². The first-order valence-corrected chi connectivity index (χ1v) is 8.29. The number of hydrogen-bond acceptors (Lipinski definition) is 2. The van der Waals surface area contributed by atoms with Gasteiger partial charge in [-0.1, -0.05) is 36.5 Å². The van der Waals surface area contributed by atoms with Gasteiger partial charge in [0.05, 0.1) is 16.6 Å². The fourth-order valence-corrected chi connectivity index (χ4v) is 3.53. The number of carbonyl (C=O) groups excluding carboxylic acids is 1. The summed E-state index contributed by atoms with van der Waals surface area (Å²) in [5.41, 5.74) is 3.10. The molecule has 1 amide bonds. The third kappa shape index (κ3) is 3.40. The van der Waals surface area contributed by atoms with Gasteiger partial charge in [-0.3, -0.25) is 4.79 Å². The van der Waals surface area contributed by atoms with E-state index in [9.17, 15) is 9.18 Å². The lowest BCUT2D eigenvalue weighted by Gasteiger charge is -1.98. The van der Waals surface area contributed by atoms with Crippen molar-refractivity contribution in [2.45, 2.75) is 19.8 Å². The first-order chi connectivity index (χ1) is 11.1. The van der Waals surface area contributed by atoms with Crippen LogP contribution in [0.1, 0.15) is 18.1 Å². The molecule has 3 nitrogen and oxygen atoms in total. The van der Waals surface area contributed by atoms with E-state index < -0.39 is 0 Å². The molecule has 0 fully saturated rings. The van der Waals surface area contributed by atoms with Crippen LogP contribution in [0.15, 0.2) is 47.5 Å². The van der Waals surface area contributed by atoms with Crippen LogP contribution >= 0.6 is 11.3 Å². The molecule has 3 rings (SSSR count). The van der Waals surface area contributed by atoms with Crippen molar-refractivity contribution in [2.24, 2.45) is 12.0 Å². The number of carbonyl (C=O) groups is 1. The minimum Gasteiger partial charge on any atom is -0.319 e. The van der Waals surface area contributed by atoms with E-state index >= 15 is 0 Å². The highest BCUT2D eigenvalue weighted by Gasteiger charge is 2.07. The van der Waals surface area contributed by atoms with Gasteiger partial charge < -0.3 is 4.57 Å². The first kappa shape index (κ1) is 15.6. The molecule has 118 valence electrons. The Hall–Kier alpha value is -2.27. The number of nitrogens with zero attached hydrogens (tertiary/aromatic N) is 2. The molecular formula is C18H17FN2OS. The molecule has 0 saturated heterocycles. The van der Waals surface area contributed by atoms with Gasteiger partial charge in [0.2, 0.25) is 0 Å². The number of rotatable bonds is 3. The van der Waals surface area contributed by atoms with Crippen molar-refractivity contribution < 1.29 is 9.18 Å².